The van der Waals surface area contributed by atoms with E-state index in [4.69, 9.17) is 16.0 Å². The van der Waals surface area contributed by atoms with Crippen molar-refractivity contribution in [3.63, 3.8) is 0 Å². The van der Waals surface area contributed by atoms with E-state index in [-0.39, 0.29) is 31.9 Å². The van der Waals surface area contributed by atoms with E-state index < -0.39 is 35.9 Å². The summed E-state index contributed by atoms with van der Waals surface area (Å²) in [6.45, 7) is 9.14. The number of amides is 3. The van der Waals surface area contributed by atoms with Gasteiger partial charge in [-0.1, -0.05) is 49.4 Å². The van der Waals surface area contributed by atoms with Crippen LogP contribution in [0.1, 0.15) is 28.4 Å². The number of aliphatic hydroxyl groups excluding tert-OH is 1. The molecule has 222 valence electrons. The lowest BCUT2D eigenvalue weighted by atomic mass is 10.1. The molecule has 0 aromatic heterocycles. The van der Waals surface area contributed by atoms with Crippen molar-refractivity contribution in [2.75, 3.05) is 37.0 Å². The molecule has 11 heteroatoms. The Labute approximate surface area is 249 Å². The second-order valence-electron chi connectivity index (χ2n) is 9.88. The second-order valence-corrected chi connectivity index (χ2v) is 9.88. The first-order valence-corrected chi connectivity index (χ1v) is 13.7. The smallest absolute Gasteiger partial charge is 0.325 e. The Morgan fingerprint density at radius 1 is 1.14 bits per heavy atom. The summed E-state index contributed by atoms with van der Waals surface area (Å²) in [5.74, 6) is -2.50. The number of morpholine rings is 1. The van der Waals surface area contributed by atoms with E-state index in [1.54, 1.807) is 36.4 Å². The number of aryl methyl sites for hydroxylation is 1. The summed E-state index contributed by atoms with van der Waals surface area (Å²) < 4.78 is 10.8. The Balaban J connectivity index is 1.39. The molecule has 1 aliphatic heterocycles. The largest absolute Gasteiger partial charge is 0.459 e. The maximum Gasteiger partial charge on any atom is 0.325 e. The quantitative estimate of drug-likeness (QED) is 0.276. The Kier molecular flexibility index (Phi) is 10.2. The molecule has 0 saturated carbocycles. The average Bonchev–Trinajstić information content (AvgIpc) is 3.03. The van der Waals surface area contributed by atoms with Crippen LogP contribution in [0.15, 0.2) is 72.8 Å². The molecule has 1 aliphatic rings. The summed E-state index contributed by atoms with van der Waals surface area (Å²) >= 11 is 0. The SMILES string of the molecule is [C-]#[N+]c1ccc(NC(=O)[C@H](O)[C@H]2OCCN(c3cccc(C(=O)N(C)CC(=O)OCc4ccccc4)c3)C2=O)cc1CC. The van der Waals surface area contributed by atoms with Gasteiger partial charge in [-0.05, 0) is 47.9 Å². The highest BCUT2D eigenvalue weighted by Crippen LogP contribution is 2.25. The number of likely N-dealkylation sites (N-methyl/N-ethyl adjacent to an activating group) is 1. The van der Waals surface area contributed by atoms with Crippen molar-refractivity contribution in [3.05, 3.63) is 101 Å². The van der Waals surface area contributed by atoms with Crippen LogP contribution in [0.5, 0.6) is 0 Å². The molecule has 1 heterocycles. The maximum atomic E-state index is 13.3. The number of nitrogens with one attached hydrogen (secondary N) is 1. The van der Waals surface area contributed by atoms with Crippen molar-refractivity contribution in [1.29, 1.82) is 0 Å². The summed E-state index contributed by atoms with van der Waals surface area (Å²) in [7, 11) is 1.47. The monoisotopic (exact) mass is 584 g/mol. The summed E-state index contributed by atoms with van der Waals surface area (Å²) in [4.78, 5) is 57.5. The van der Waals surface area contributed by atoms with Crippen molar-refractivity contribution < 1.29 is 33.8 Å². The number of nitrogens with zero attached hydrogens (tertiary/aromatic N) is 3. The fourth-order valence-corrected chi connectivity index (χ4v) is 4.57. The number of benzene rings is 3. The van der Waals surface area contributed by atoms with Gasteiger partial charge < -0.3 is 29.7 Å². The number of hydrogen-bond acceptors (Lipinski definition) is 7. The first-order chi connectivity index (χ1) is 20.7. The number of anilines is 2. The zero-order valence-corrected chi connectivity index (χ0v) is 23.9. The highest BCUT2D eigenvalue weighted by Gasteiger charge is 2.39. The number of carbonyl (C=O) groups excluding carboxylic acids is 4. The highest BCUT2D eigenvalue weighted by atomic mass is 16.5. The highest BCUT2D eigenvalue weighted by molar-refractivity contribution is 6.04. The Morgan fingerprint density at radius 2 is 1.91 bits per heavy atom. The van der Waals surface area contributed by atoms with E-state index in [2.05, 4.69) is 10.2 Å². The summed E-state index contributed by atoms with van der Waals surface area (Å²) in [6.07, 6.45) is -2.69. The number of ether oxygens (including phenoxy) is 2. The summed E-state index contributed by atoms with van der Waals surface area (Å²) in [5.41, 5.74) is 3.03. The number of aliphatic hydroxyl groups is 1. The van der Waals surface area contributed by atoms with Crippen molar-refractivity contribution in [2.24, 2.45) is 0 Å². The van der Waals surface area contributed by atoms with Crippen molar-refractivity contribution in [3.8, 4) is 0 Å². The first-order valence-electron chi connectivity index (χ1n) is 13.7. The molecular weight excluding hydrogens is 552 g/mol. The van der Waals surface area contributed by atoms with E-state index in [1.165, 1.54) is 22.9 Å². The van der Waals surface area contributed by atoms with Crippen molar-refractivity contribution in [1.82, 2.24) is 4.90 Å². The van der Waals surface area contributed by atoms with Gasteiger partial charge in [0.2, 0.25) is 0 Å². The van der Waals surface area contributed by atoms with Gasteiger partial charge in [0.15, 0.2) is 17.9 Å². The molecule has 3 aromatic carbocycles. The maximum absolute atomic E-state index is 13.3. The van der Waals surface area contributed by atoms with Crippen LogP contribution in [-0.4, -0.2) is 72.6 Å². The normalized spacial score (nSPS) is 15.3. The average molecular weight is 585 g/mol. The van der Waals surface area contributed by atoms with Gasteiger partial charge in [0.25, 0.3) is 17.7 Å². The zero-order valence-electron chi connectivity index (χ0n) is 23.9. The predicted octanol–water partition coefficient (Wildman–Crippen LogP) is 3.35. The van der Waals surface area contributed by atoms with Gasteiger partial charge >= 0.3 is 5.97 Å². The Hall–Kier alpha value is -5.05. The molecule has 4 rings (SSSR count). The summed E-state index contributed by atoms with van der Waals surface area (Å²) in [6, 6.07) is 20.3. The standard InChI is InChI=1S/C32H32N4O7/c1-4-22-17-24(13-14-26(22)33-2)34-30(39)28(38)29-32(41)36(15-16-42-29)25-12-8-11-23(18-25)31(40)35(3)19-27(37)43-20-21-9-6-5-7-10-21/h5-14,17-18,28-29,38H,4,15-16,19-20H2,1,3H3,(H,34,39)/t28-,29-/m1/s1. The van der Waals surface area contributed by atoms with E-state index in [9.17, 15) is 24.3 Å². The molecule has 3 amide bonds. The predicted molar refractivity (Wildman–Crippen MR) is 158 cm³/mol. The molecule has 0 unspecified atom stereocenters. The van der Waals surface area contributed by atoms with Crippen LogP contribution in [0.25, 0.3) is 4.85 Å². The van der Waals surface area contributed by atoms with E-state index >= 15 is 0 Å². The number of carbonyl (C=O) groups is 4. The summed E-state index contributed by atoms with van der Waals surface area (Å²) in [5, 5.41) is 13.3. The fraction of sp³-hybridized carbons (Fsp3) is 0.281. The third-order valence-corrected chi connectivity index (χ3v) is 6.89. The molecule has 3 aromatic rings. The van der Waals surface area contributed by atoms with Crippen molar-refractivity contribution in [2.45, 2.75) is 32.2 Å². The molecule has 43 heavy (non-hydrogen) atoms. The minimum absolute atomic E-state index is 0.0474. The van der Waals surface area contributed by atoms with Gasteiger partial charge in [-0.25, -0.2) is 4.85 Å². The molecule has 2 N–H and O–H groups in total. The first kappa shape index (κ1) is 30.9. The van der Waals surface area contributed by atoms with Gasteiger partial charge in [-0.3, -0.25) is 19.2 Å². The molecule has 1 fully saturated rings. The fourth-order valence-electron chi connectivity index (χ4n) is 4.57. The molecule has 0 aliphatic carbocycles. The van der Waals surface area contributed by atoms with Gasteiger partial charge in [-0.2, -0.15) is 0 Å². The molecule has 1 saturated heterocycles. The Morgan fingerprint density at radius 3 is 2.63 bits per heavy atom. The van der Waals surface area contributed by atoms with Gasteiger partial charge in [0.05, 0.1) is 13.2 Å². The molecule has 0 radical (unpaired) electrons. The van der Waals surface area contributed by atoms with Gasteiger partial charge in [-0.15, -0.1) is 0 Å². The van der Waals surface area contributed by atoms with Gasteiger partial charge in [0.1, 0.15) is 13.2 Å². The van der Waals surface area contributed by atoms with Crippen LogP contribution in [0.3, 0.4) is 0 Å². The molecule has 0 bridgehead atoms. The Bertz CT molecular complexity index is 1540. The van der Waals surface area contributed by atoms with Crippen LogP contribution < -0.4 is 10.2 Å². The third-order valence-electron chi connectivity index (χ3n) is 6.89. The van der Waals surface area contributed by atoms with E-state index in [0.29, 0.717) is 23.5 Å². The van der Waals surface area contributed by atoms with Crippen LogP contribution >= 0.6 is 0 Å². The van der Waals surface area contributed by atoms with Crippen LogP contribution in [0.2, 0.25) is 0 Å². The topological polar surface area (TPSA) is 130 Å². The molecular formula is C32H32N4O7. The minimum atomic E-state index is -1.81. The van der Waals surface area contributed by atoms with Crippen molar-refractivity contribution >= 4 is 40.8 Å². The van der Waals surface area contributed by atoms with Gasteiger partial charge in [0, 0.05) is 30.5 Å². The molecule has 2 atom stereocenters. The van der Waals surface area contributed by atoms with E-state index in [0.717, 1.165) is 11.1 Å². The number of rotatable bonds is 10. The lowest BCUT2D eigenvalue weighted by Crippen LogP contribution is -2.55. The molecule has 0 spiro atoms. The lowest BCUT2D eigenvalue weighted by molar-refractivity contribution is -0.150. The van der Waals surface area contributed by atoms with E-state index in [1.807, 2.05) is 37.3 Å². The number of esters is 1. The minimum Gasteiger partial charge on any atom is -0.459 e. The van der Waals surface area contributed by atoms with Crippen LogP contribution in [-0.2, 0) is 36.9 Å². The zero-order chi connectivity index (χ0) is 30.9. The van der Waals surface area contributed by atoms with Crippen LogP contribution in [0, 0.1) is 6.57 Å². The number of hydrogen-bond donors (Lipinski definition) is 2. The lowest BCUT2D eigenvalue weighted by Gasteiger charge is -2.34. The molecule has 11 nitrogen and oxygen atoms in total. The third kappa shape index (κ3) is 7.62. The second kappa shape index (κ2) is 14.2. The van der Waals surface area contributed by atoms with Crippen LogP contribution in [0.4, 0.5) is 17.1 Å².